The second kappa shape index (κ2) is 8.54. The Morgan fingerprint density at radius 1 is 1.11 bits per heavy atom. The molecule has 0 heterocycles. The van der Waals surface area contributed by atoms with Crippen molar-refractivity contribution in [1.82, 2.24) is 0 Å². The van der Waals surface area contributed by atoms with Gasteiger partial charge in [0.05, 0.1) is 15.5 Å². The molecule has 0 saturated heterocycles. The molecule has 0 aliphatic carbocycles. The van der Waals surface area contributed by atoms with E-state index >= 15 is 0 Å². The number of carbonyl (C=O) groups is 2. The van der Waals surface area contributed by atoms with E-state index in [-0.39, 0.29) is 21.5 Å². The summed E-state index contributed by atoms with van der Waals surface area (Å²) in [5, 5.41) is 0.0450. The minimum absolute atomic E-state index is 0.0450. The number of sulfone groups is 1. The minimum Gasteiger partial charge on any atom is -0.452 e. The fourth-order valence-electron chi connectivity index (χ4n) is 2.48. The molecule has 2 aromatic rings. The number of rotatable bonds is 6. The highest BCUT2D eigenvalue weighted by atomic mass is 35.5. The number of benzene rings is 2. The summed E-state index contributed by atoms with van der Waals surface area (Å²) in [6.45, 7) is 3.20. The van der Waals surface area contributed by atoms with E-state index in [2.05, 4.69) is 0 Å². The molecule has 2 rings (SSSR count). The molecule has 6 nitrogen and oxygen atoms in total. The van der Waals surface area contributed by atoms with E-state index in [1.165, 1.54) is 17.0 Å². The Hall–Kier alpha value is -2.38. The van der Waals surface area contributed by atoms with Crippen LogP contribution in [0.5, 0.6) is 0 Å². The number of nitrogens with zero attached hydrogens (tertiary/aromatic N) is 1. The number of ether oxygens (including phenoxy) is 1. The summed E-state index contributed by atoms with van der Waals surface area (Å²) in [6, 6.07) is 12.6. The Kier molecular flexibility index (Phi) is 6.62. The minimum atomic E-state index is -3.51. The zero-order valence-electron chi connectivity index (χ0n) is 15.2. The maximum atomic E-state index is 12.6. The Labute approximate surface area is 163 Å². The number of hydrogen-bond donors (Lipinski definition) is 0. The lowest BCUT2D eigenvalue weighted by atomic mass is 10.2. The number of halogens is 1. The highest BCUT2D eigenvalue weighted by molar-refractivity contribution is 7.90. The van der Waals surface area contributed by atoms with Gasteiger partial charge in [-0.2, -0.15) is 0 Å². The lowest BCUT2D eigenvalue weighted by Gasteiger charge is -2.26. The second-order valence-corrected chi connectivity index (χ2v) is 8.61. The van der Waals surface area contributed by atoms with Gasteiger partial charge in [0, 0.05) is 18.0 Å². The molecule has 144 valence electrons. The maximum absolute atomic E-state index is 12.6. The van der Waals surface area contributed by atoms with Crippen molar-refractivity contribution in [2.75, 3.05) is 17.8 Å². The van der Waals surface area contributed by atoms with Crippen molar-refractivity contribution in [3.8, 4) is 0 Å². The third kappa shape index (κ3) is 5.30. The first-order valence-electron chi connectivity index (χ1n) is 8.15. The lowest BCUT2D eigenvalue weighted by molar-refractivity contribution is -0.122. The molecule has 0 aliphatic heterocycles. The monoisotopic (exact) mass is 409 g/mol. The molecule has 0 unspecified atom stereocenters. The van der Waals surface area contributed by atoms with Gasteiger partial charge in [-0.1, -0.05) is 29.8 Å². The molecular formula is C19H20ClNO5S. The van der Waals surface area contributed by atoms with Gasteiger partial charge in [0.1, 0.15) is 0 Å². The summed E-state index contributed by atoms with van der Waals surface area (Å²) in [6.07, 6.45) is 1.02. The number of anilines is 1. The Morgan fingerprint density at radius 3 is 2.30 bits per heavy atom. The zero-order chi connectivity index (χ0) is 20.2. The van der Waals surface area contributed by atoms with Crippen LogP contribution in [0.3, 0.4) is 0 Å². The Balaban J connectivity index is 2.16. The molecule has 27 heavy (non-hydrogen) atoms. The first-order valence-corrected chi connectivity index (χ1v) is 10.4. The van der Waals surface area contributed by atoms with Gasteiger partial charge >= 0.3 is 5.97 Å². The molecule has 2 aromatic carbocycles. The summed E-state index contributed by atoms with van der Waals surface area (Å²) in [7, 11) is -3.51. The van der Waals surface area contributed by atoms with Gasteiger partial charge in [-0.05, 0) is 44.2 Å². The van der Waals surface area contributed by atoms with Gasteiger partial charge < -0.3 is 9.64 Å². The third-order valence-corrected chi connectivity index (χ3v) is 5.17. The largest absolute Gasteiger partial charge is 0.452 e. The van der Waals surface area contributed by atoms with Gasteiger partial charge in [0.2, 0.25) is 0 Å². The third-order valence-electron chi connectivity index (χ3n) is 3.73. The number of hydrogen-bond acceptors (Lipinski definition) is 5. The van der Waals surface area contributed by atoms with E-state index < -0.39 is 28.3 Å². The van der Waals surface area contributed by atoms with Crippen molar-refractivity contribution in [3.63, 3.8) is 0 Å². The van der Waals surface area contributed by atoms with Crippen LogP contribution in [0.25, 0.3) is 0 Å². The van der Waals surface area contributed by atoms with Gasteiger partial charge in [0.25, 0.3) is 5.91 Å². The SMILES string of the molecule is CC(C)N(C(=O)COC(=O)c1cc(S(C)(=O)=O)ccc1Cl)c1ccccc1. The normalized spacial score (nSPS) is 11.3. The molecule has 0 aliphatic rings. The van der Waals surface area contributed by atoms with E-state index in [1.807, 2.05) is 19.9 Å². The lowest BCUT2D eigenvalue weighted by Crippen LogP contribution is -2.39. The van der Waals surface area contributed by atoms with Crippen LogP contribution in [0, 0.1) is 0 Å². The van der Waals surface area contributed by atoms with Gasteiger partial charge in [0.15, 0.2) is 16.4 Å². The van der Waals surface area contributed by atoms with E-state index in [0.717, 1.165) is 12.3 Å². The quantitative estimate of drug-likeness (QED) is 0.683. The molecule has 0 fully saturated rings. The summed E-state index contributed by atoms with van der Waals surface area (Å²) in [5.41, 5.74) is 0.578. The first kappa shape index (κ1) is 20.9. The molecule has 1 amide bonds. The Morgan fingerprint density at radius 2 is 1.74 bits per heavy atom. The van der Waals surface area contributed by atoms with E-state index in [1.54, 1.807) is 24.3 Å². The van der Waals surface area contributed by atoms with Gasteiger partial charge in [-0.3, -0.25) is 4.79 Å². The van der Waals surface area contributed by atoms with Gasteiger partial charge in [-0.25, -0.2) is 13.2 Å². The van der Waals surface area contributed by atoms with Crippen LogP contribution < -0.4 is 4.90 Å². The van der Waals surface area contributed by atoms with Crippen LogP contribution >= 0.6 is 11.6 Å². The molecular weight excluding hydrogens is 390 g/mol. The Bertz CT molecular complexity index is 942. The predicted molar refractivity (Wildman–Crippen MR) is 104 cm³/mol. The highest BCUT2D eigenvalue weighted by Gasteiger charge is 2.22. The average molecular weight is 410 g/mol. The zero-order valence-corrected chi connectivity index (χ0v) is 16.8. The standard InChI is InChI=1S/C19H20ClNO5S/c1-13(2)21(14-7-5-4-6-8-14)18(22)12-26-19(23)16-11-15(27(3,24)25)9-10-17(16)20/h4-11,13H,12H2,1-3H3. The topological polar surface area (TPSA) is 80.8 Å². The molecule has 0 atom stereocenters. The molecule has 0 spiro atoms. The number of carbonyl (C=O) groups excluding carboxylic acids is 2. The molecule has 0 bridgehead atoms. The molecule has 0 saturated carbocycles. The van der Waals surface area contributed by atoms with Crippen molar-refractivity contribution in [1.29, 1.82) is 0 Å². The highest BCUT2D eigenvalue weighted by Crippen LogP contribution is 2.22. The van der Waals surface area contributed by atoms with Crippen molar-refractivity contribution >= 4 is 39.0 Å². The van der Waals surface area contributed by atoms with Crippen LogP contribution in [0.15, 0.2) is 53.4 Å². The van der Waals surface area contributed by atoms with E-state index in [4.69, 9.17) is 16.3 Å². The van der Waals surface area contributed by atoms with Crippen LogP contribution in [-0.4, -0.2) is 39.2 Å². The van der Waals surface area contributed by atoms with E-state index in [0.29, 0.717) is 5.69 Å². The predicted octanol–water partition coefficient (Wildman–Crippen LogP) is 3.34. The number of amides is 1. The first-order chi connectivity index (χ1) is 12.6. The summed E-state index contributed by atoms with van der Waals surface area (Å²) in [5.74, 6) is -1.27. The fourth-order valence-corrected chi connectivity index (χ4v) is 3.33. The van der Waals surface area contributed by atoms with Crippen LogP contribution in [0.2, 0.25) is 5.02 Å². The second-order valence-electron chi connectivity index (χ2n) is 6.18. The maximum Gasteiger partial charge on any atom is 0.340 e. The van der Waals surface area contributed by atoms with Crippen LogP contribution in [0.1, 0.15) is 24.2 Å². The number of para-hydroxylation sites is 1. The molecule has 0 aromatic heterocycles. The smallest absolute Gasteiger partial charge is 0.340 e. The molecule has 8 heteroatoms. The van der Waals surface area contributed by atoms with Crippen molar-refractivity contribution in [2.45, 2.75) is 24.8 Å². The van der Waals surface area contributed by atoms with Crippen molar-refractivity contribution < 1.29 is 22.7 Å². The van der Waals surface area contributed by atoms with E-state index in [9.17, 15) is 18.0 Å². The summed E-state index contributed by atoms with van der Waals surface area (Å²) < 4.78 is 28.4. The van der Waals surface area contributed by atoms with Crippen LogP contribution in [0.4, 0.5) is 5.69 Å². The summed E-state index contributed by atoms with van der Waals surface area (Å²) >= 11 is 5.97. The van der Waals surface area contributed by atoms with Crippen molar-refractivity contribution in [2.24, 2.45) is 0 Å². The number of esters is 1. The van der Waals surface area contributed by atoms with Gasteiger partial charge in [-0.15, -0.1) is 0 Å². The average Bonchev–Trinajstić information content (AvgIpc) is 2.59. The molecule has 0 radical (unpaired) electrons. The van der Waals surface area contributed by atoms with Crippen LogP contribution in [-0.2, 0) is 19.4 Å². The summed E-state index contributed by atoms with van der Waals surface area (Å²) in [4.78, 5) is 26.3. The van der Waals surface area contributed by atoms with Crippen molar-refractivity contribution in [3.05, 3.63) is 59.1 Å². The fraction of sp³-hybridized carbons (Fsp3) is 0.263. The molecule has 0 N–H and O–H groups in total.